The molecule has 32 heavy (non-hydrogen) atoms. The van der Waals surface area contributed by atoms with Crippen LogP contribution >= 0.6 is 46.4 Å². The quantitative estimate of drug-likeness (QED) is 0.375. The fraction of sp³-hybridized carbons (Fsp3) is 0.200. The van der Waals surface area contributed by atoms with Gasteiger partial charge >= 0.3 is 6.18 Å². The molecule has 0 aliphatic carbocycles. The Bertz CT molecular complexity index is 1160. The van der Waals surface area contributed by atoms with Gasteiger partial charge in [0.15, 0.2) is 11.7 Å². The fourth-order valence-corrected chi connectivity index (χ4v) is 4.32. The molecule has 2 aromatic carbocycles. The minimum Gasteiger partial charge on any atom is -0.362 e. The minimum absolute atomic E-state index is 0.0993. The zero-order valence-electron chi connectivity index (χ0n) is 15.9. The van der Waals surface area contributed by atoms with Crippen molar-refractivity contribution in [2.45, 2.75) is 24.7 Å². The average molecular weight is 524 g/mol. The van der Waals surface area contributed by atoms with Crippen molar-refractivity contribution in [2.75, 3.05) is 10.6 Å². The maximum Gasteiger partial charge on any atom is 0.410 e. The van der Waals surface area contributed by atoms with Gasteiger partial charge in [0.05, 0.1) is 21.8 Å². The number of para-hydroxylation sites is 1. The number of nitrogens with one attached hydrogen (secondary N) is 2. The van der Waals surface area contributed by atoms with Crippen molar-refractivity contribution in [3.05, 3.63) is 73.8 Å². The van der Waals surface area contributed by atoms with E-state index < -0.39 is 29.9 Å². The summed E-state index contributed by atoms with van der Waals surface area (Å²) < 4.78 is 42.3. The van der Waals surface area contributed by atoms with Gasteiger partial charge in [-0.05, 0) is 29.8 Å². The molecule has 0 spiro atoms. The molecule has 1 aliphatic heterocycles. The average Bonchev–Trinajstić information content (AvgIpc) is 3.06. The van der Waals surface area contributed by atoms with Gasteiger partial charge in [0.2, 0.25) is 0 Å². The summed E-state index contributed by atoms with van der Waals surface area (Å²) in [4.78, 5) is 12.8. The molecule has 2 N–H and O–H groups in total. The Morgan fingerprint density at radius 2 is 1.69 bits per heavy atom. The molecule has 2 heterocycles. The topological polar surface area (TPSA) is 59.0 Å². The molecule has 0 radical (unpaired) electrons. The second-order valence-electron chi connectivity index (χ2n) is 7.05. The van der Waals surface area contributed by atoms with Crippen LogP contribution in [0.3, 0.4) is 0 Å². The highest BCUT2D eigenvalue weighted by molar-refractivity contribution is 6.40. The molecule has 4 rings (SSSR count). The van der Waals surface area contributed by atoms with E-state index in [-0.39, 0.29) is 33.0 Å². The first-order valence-electron chi connectivity index (χ1n) is 9.18. The Labute approximate surface area is 200 Å². The summed E-state index contributed by atoms with van der Waals surface area (Å²) in [6, 6.07) is 8.28. The lowest BCUT2D eigenvalue weighted by atomic mass is 9.97. The first kappa shape index (κ1) is 23.0. The largest absolute Gasteiger partial charge is 0.410 e. The van der Waals surface area contributed by atoms with Crippen LogP contribution in [-0.2, 0) is 0 Å². The van der Waals surface area contributed by atoms with E-state index in [1.165, 1.54) is 12.1 Å². The second-order valence-corrected chi connectivity index (χ2v) is 8.68. The van der Waals surface area contributed by atoms with Gasteiger partial charge in [-0.2, -0.15) is 18.3 Å². The Kier molecular flexibility index (Phi) is 6.24. The summed E-state index contributed by atoms with van der Waals surface area (Å²) in [6.45, 7) is 0. The molecular formula is C20H13Cl4F3N4O. The number of anilines is 2. The van der Waals surface area contributed by atoms with Gasteiger partial charge in [-0.15, -0.1) is 0 Å². The van der Waals surface area contributed by atoms with Crippen molar-refractivity contribution in [1.29, 1.82) is 0 Å². The molecule has 1 amide bonds. The molecule has 1 aliphatic rings. The number of rotatable bonds is 3. The summed E-state index contributed by atoms with van der Waals surface area (Å²) in [5.41, 5.74) is 0.291. The third-order valence-electron chi connectivity index (χ3n) is 4.98. The lowest BCUT2D eigenvalue weighted by Gasteiger charge is -2.33. The Hall–Kier alpha value is -2.13. The maximum atomic E-state index is 13.9. The van der Waals surface area contributed by atoms with Crippen LogP contribution in [0.2, 0.25) is 20.1 Å². The molecule has 5 nitrogen and oxygen atoms in total. The Balaban J connectivity index is 1.72. The molecule has 0 saturated carbocycles. The smallest absolute Gasteiger partial charge is 0.362 e. The molecule has 168 valence electrons. The number of benzene rings is 2. The van der Waals surface area contributed by atoms with Crippen molar-refractivity contribution < 1.29 is 18.0 Å². The van der Waals surface area contributed by atoms with Crippen LogP contribution in [0.5, 0.6) is 0 Å². The highest BCUT2D eigenvalue weighted by atomic mass is 35.5. The number of aromatic nitrogens is 2. The number of alkyl halides is 3. The van der Waals surface area contributed by atoms with E-state index in [9.17, 15) is 18.0 Å². The van der Waals surface area contributed by atoms with E-state index in [4.69, 9.17) is 46.4 Å². The van der Waals surface area contributed by atoms with Crippen molar-refractivity contribution in [1.82, 2.24) is 9.78 Å². The maximum absolute atomic E-state index is 13.9. The molecule has 12 heteroatoms. The van der Waals surface area contributed by atoms with E-state index in [1.807, 2.05) is 0 Å². The Morgan fingerprint density at radius 3 is 2.28 bits per heavy atom. The van der Waals surface area contributed by atoms with Crippen LogP contribution in [0.1, 0.15) is 34.6 Å². The number of hydrogen-bond acceptors (Lipinski definition) is 3. The summed E-state index contributed by atoms with van der Waals surface area (Å²) in [7, 11) is 0. The first-order chi connectivity index (χ1) is 15.1. The molecule has 0 unspecified atom stereocenters. The van der Waals surface area contributed by atoms with Gasteiger partial charge in [-0.3, -0.25) is 4.79 Å². The number of amides is 1. The van der Waals surface area contributed by atoms with E-state index in [0.717, 1.165) is 0 Å². The van der Waals surface area contributed by atoms with Gasteiger partial charge < -0.3 is 10.6 Å². The number of fused-ring (bicyclic) bond motifs is 1. The number of hydrogen-bond donors (Lipinski definition) is 2. The zero-order chi connectivity index (χ0) is 23.2. The summed E-state index contributed by atoms with van der Waals surface area (Å²) in [6.07, 6.45) is -4.98. The standard InChI is InChI=1S/C20H13Cl4F3N4O/c21-10-6-4-9(5-7-10)13-8-14(20(25,26)27)31-18(28-13)15(24)17(30-31)19(32)29-16-11(22)2-1-3-12(16)23/h1-7,13-14,28H,8H2,(H,29,32)/t13-,14+/m0/s1. The predicted molar refractivity (Wildman–Crippen MR) is 119 cm³/mol. The molecule has 0 fully saturated rings. The summed E-state index contributed by atoms with van der Waals surface area (Å²) in [5.74, 6) is -0.965. The number of nitrogens with zero attached hydrogens (tertiary/aromatic N) is 2. The van der Waals surface area contributed by atoms with Crippen LogP contribution in [0.15, 0.2) is 42.5 Å². The minimum atomic E-state index is -4.63. The van der Waals surface area contributed by atoms with E-state index >= 15 is 0 Å². The fourth-order valence-electron chi connectivity index (χ4n) is 3.44. The molecule has 2 atom stereocenters. The van der Waals surface area contributed by atoms with E-state index in [1.54, 1.807) is 30.3 Å². The summed E-state index contributed by atoms with van der Waals surface area (Å²) >= 11 is 24.3. The van der Waals surface area contributed by atoms with Crippen molar-refractivity contribution in [3.8, 4) is 0 Å². The van der Waals surface area contributed by atoms with E-state index in [2.05, 4.69) is 15.7 Å². The predicted octanol–water partition coefficient (Wildman–Crippen LogP) is 7.41. The van der Waals surface area contributed by atoms with Crippen LogP contribution in [-0.4, -0.2) is 21.9 Å². The number of carbonyl (C=O) groups is 1. The molecular weight excluding hydrogens is 511 g/mol. The Morgan fingerprint density at radius 1 is 1.06 bits per heavy atom. The van der Waals surface area contributed by atoms with Crippen LogP contribution in [0.4, 0.5) is 24.7 Å². The van der Waals surface area contributed by atoms with Crippen molar-refractivity contribution >= 4 is 63.8 Å². The van der Waals surface area contributed by atoms with Gasteiger partial charge in [0.25, 0.3) is 5.91 Å². The third-order valence-corrected chi connectivity index (χ3v) is 6.22. The molecule has 3 aromatic rings. The lowest BCUT2D eigenvalue weighted by molar-refractivity contribution is -0.173. The normalized spacial score (nSPS) is 18.1. The molecule has 1 aromatic heterocycles. The van der Waals surface area contributed by atoms with Gasteiger partial charge in [-0.25, -0.2) is 4.68 Å². The second kappa shape index (κ2) is 8.67. The van der Waals surface area contributed by atoms with Gasteiger partial charge in [0, 0.05) is 11.4 Å². The zero-order valence-corrected chi connectivity index (χ0v) is 18.9. The monoisotopic (exact) mass is 522 g/mol. The summed E-state index contributed by atoms with van der Waals surface area (Å²) in [5, 5.41) is 9.81. The van der Waals surface area contributed by atoms with Crippen molar-refractivity contribution in [3.63, 3.8) is 0 Å². The van der Waals surface area contributed by atoms with Crippen molar-refractivity contribution in [2.24, 2.45) is 0 Å². The van der Waals surface area contributed by atoms with Crippen LogP contribution in [0.25, 0.3) is 0 Å². The van der Waals surface area contributed by atoms with E-state index in [0.29, 0.717) is 15.3 Å². The van der Waals surface area contributed by atoms with Gasteiger partial charge in [-0.1, -0.05) is 64.6 Å². The highest BCUT2D eigenvalue weighted by Gasteiger charge is 2.47. The van der Waals surface area contributed by atoms with Gasteiger partial charge in [0.1, 0.15) is 10.8 Å². The molecule has 0 bridgehead atoms. The highest BCUT2D eigenvalue weighted by Crippen LogP contribution is 2.46. The number of halogens is 7. The first-order valence-corrected chi connectivity index (χ1v) is 10.7. The van der Waals surface area contributed by atoms with Crippen LogP contribution < -0.4 is 10.6 Å². The molecule has 0 saturated heterocycles. The third kappa shape index (κ3) is 4.37. The van der Waals surface area contributed by atoms with Crippen LogP contribution in [0, 0.1) is 0 Å². The SMILES string of the molecule is O=C(Nc1c(Cl)cccc1Cl)c1nn2c(c1Cl)N[C@H](c1ccc(Cl)cc1)C[C@@H]2C(F)(F)F. The lowest BCUT2D eigenvalue weighted by Crippen LogP contribution is -2.35. The number of carbonyl (C=O) groups excluding carboxylic acids is 1.